The molecule has 7 N–H and O–H groups in total. The molecule has 0 bridgehead atoms. The predicted molar refractivity (Wildman–Crippen MR) is 102 cm³/mol. The Bertz CT molecular complexity index is 581. The van der Waals surface area contributed by atoms with Gasteiger partial charge in [-0.25, -0.2) is 4.79 Å². The zero-order chi connectivity index (χ0) is 19.0. The van der Waals surface area contributed by atoms with Crippen LogP contribution < -0.4 is 27.6 Å². The molecule has 9 nitrogen and oxygen atoms in total. The lowest BCUT2D eigenvalue weighted by Crippen LogP contribution is -2.52. The lowest BCUT2D eigenvalue weighted by molar-refractivity contribution is -0.132. The van der Waals surface area contributed by atoms with Crippen LogP contribution in [0.1, 0.15) is 20.3 Å². The minimum atomic E-state index is -0.687. The number of carbonyl (C=O) groups excluding carboxylic acids is 2. The van der Waals surface area contributed by atoms with Crippen LogP contribution in [0, 0.1) is 0 Å². The highest BCUT2D eigenvalue weighted by Gasteiger charge is 2.21. The van der Waals surface area contributed by atoms with Gasteiger partial charge in [0.1, 0.15) is 6.10 Å². The van der Waals surface area contributed by atoms with Crippen molar-refractivity contribution in [2.45, 2.75) is 26.4 Å². The molecule has 0 aromatic rings. The average Bonchev–Trinajstić information content (AvgIpc) is 2.53. The van der Waals surface area contributed by atoms with E-state index in [2.05, 4.69) is 22.7 Å². The Balaban J connectivity index is 2.55. The van der Waals surface area contributed by atoms with E-state index in [4.69, 9.17) is 28.4 Å². The molecule has 11 heteroatoms. The van der Waals surface area contributed by atoms with Gasteiger partial charge in [0.15, 0.2) is 5.11 Å². The molecule has 1 rings (SSSR count). The third-order valence-corrected chi connectivity index (χ3v) is 4.56. The lowest BCUT2D eigenvalue weighted by atomic mass is 10.2. The molecule has 140 valence electrons. The highest BCUT2D eigenvalue weighted by Crippen LogP contribution is 2.28. The number of ether oxygens (including phenoxy) is 1. The number of nitrogens with zero attached hydrogens (tertiary/aromatic N) is 1. The van der Waals surface area contributed by atoms with Crippen LogP contribution in [-0.2, 0) is 9.53 Å². The highest BCUT2D eigenvalue weighted by atomic mass is 32.2. The van der Waals surface area contributed by atoms with Crippen LogP contribution >= 0.6 is 24.0 Å². The fourth-order valence-corrected chi connectivity index (χ4v) is 3.06. The summed E-state index contributed by atoms with van der Waals surface area (Å²) < 4.78 is 5.20. The molecule has 0 aromatic carbocycles. The number of amides is 3. The molecule has 0 radical (unpaired) electrons. The monoisotopic (exact) mass is 388 g/mol. The van der Waals surface area contributed by atoms with Crippen LogP contribution in [-0.4, -0.2) is 47.8 Å². The van der Waals surface area contributed by atoms with Crippen molar-refractivity contribution >= 4 is 41.0 Å². The van der Waals surface area contributed by atoms with Crippen molar-refractivity contribution in [3.05, 3.63) is 22.2 Å². The van der Waals surface area contributed by atoms with Crippen LogP contribution in [0.25, 0.3) is 0 Å². The molecule has 3 amide bonds. The number of hydrazine groups is 1. The first-order valence-electron chi connectivity index (χ1n) is 7.61. The van der Waals surface area contributed by atoms with Gasteiger partial charge < -0.3 is 26.4 Å². The molecule has 1 aliphatic rings. The van der Waals surface area contributed by atoms with Gasteiger partial charge in [0.2, 0.25) is 0 Å². The standard InChI is InChI=1S/C14H24N6O3S2/c1-4-23-8(2)12(21)18-19-14(24)20-6-5-10(15)11(7-20)25-9(3)17-13(16)22/h8H,3-7,15H2,1-2H3,(H,18,21)(H,19,24)(H3,16,17,22)/t8-/m1/s1. The first-order chi connectivity index (χ1) is 11.7. The molecule has 0 fully saturated rings. The summed E-state index contributed by atoms with van der Waals surface area (Å²) in [5.41, 5.74) is 17.0. The van der Waals surface area contributed by atoms with Gasteiger partial charge in [0.25, 0.3) is 5.91 Å². The van der Waals surface area contributed by atoms with Crippen molar-refractivity contribution in [1.82, 2.24) is 21.1 Å². The average molecular weight is 389 g/mol. The summed E-state index contributed by atoms with van der Waals surface area (Å²) in [6, 6.07) is -0.687. The summed E-state index contributed by atoms with van der Waals surface area (Å²) in [6.45, 7) is 8.66. The van der Waals surface area contributed by atoms with Gasteiger partial charge in [-0.2, -0.15) is 0 Å². The van der Waals surface area contributed by atoms with Gasteiger partial charge in [0.05, 0.1) is 11.6 Å². The van der Waals surface area contributed by atoms with E-state index in [1.807, 2.05) is 11.8 Å². The topological polar surface area (TPSA) is 135 Å². The molecule has 0 saturated carbocycles. The number of rotatable bonds is 6. The largest absolute Gasteiger partial charge is 0.401 e. The summed E-state index contributed by atoms with van der Waals surface area (Å²) in [5, 5.41) is 3.14. The van der Waals surface area contributed by atoms with E-state index in [-0.39, 0.29) is 5.91 Å². The number of urea groups is 1. The highest BCUT2D eigenvalue weighted by molar-refractivity contribution is 8.06. The number of thiocarbonyl (C=S) groups is 1. The molecular weight excluding hydrogens is 364 g/mol. The Labute approximate surface area is 156 Å². The minimum absolute atomic E-state index is 0.315. The summed E-state index contributed by atoms with van der Waals surface area (Å²) in [7, 11) is 0. The quantitative estimate of drug-likeness (QED) is 0.319. The maximum Gasteiger partial charge on any atom is 0.317 e. The number of primary amides is 1. The van der Waals surface area contributed by atoms with Crippen molar-refractivity contribution in [3.63, 3.8) is 0 Å². The molecule has 0 spiro atoms. The third kappa shape index (κ3) is 7.20. The first-order valence-corrected chi connectivity index (χ1v) is 8.84. The van der Waals surface area contributed by atoms with Crippen molar-refractivity contribution in [1.29, 1.82) is 0 Å². The maximum absolute atomic E-state index is 11.8. The van der Waals surface area contributed by atoms with E-state index in [0.717, 1.165) is 4.91 Å². The second-order valence-electron chi connectivity index (χ2n) is 5.15. The maximum atomic E-state index is 11.8. The van der Waals surface area contributed by atoms with E-state index in [1.165, 1.54) is 11.8 Å². The Kier molecular flexibility index (Phi) is 8.52. The number of hydrogen-bond acceptors (Lipinski definition) is 6. The van der Waals surface area contributed by atoms with Crippen molar-refractivity contribution in [3.8, 4) is 0 Å². The SMILES string of the molecule is C=C(NC(N)=O)SC1=C(N)CCN(C(=S)NNC(=O)[C@@H](C)OCC)C1. The van der Waals surface area contributed by atoms with E-state index in [9.17, 15) is 9.59 Å². The summed E-state index contributed by atoms with van der Waals surface area (Å²) in [4.78, 5) is 25.3. The van der Waals surface area contributed by atoms with E-state index >= 15 is 0 Å². The molecule has 1 aliphatic heterocycles. The van der Waals surface area contributed by atoms with E-state index in [0.29, 0.717) is 42.0 Å². The minimum Gasteiger partial charge on any atom is -0.401 e. The number of nitrogens with two attached hydrogens (primary N) is 2. The molecule has 0 saturated heterocycles. The van der Waals surface area contributed by atoms with Crippen LogP contribution in [0.4, 0.5) is 4.79 Å². The number of hydrogen-bond donors (Lipinski definition) is 5. The second kappa shape index (κ2) is 10.1. The Morgan fingerprint density at radius 1 is 1.48 bits per heavy atom. The van der Waals surface area contributed by atoms with Crippen molar-refractivity contribution in [2.24, 2.45) is 11.5 Å². The first kappa shape index (κ1) is 21.1. The van der Waals surface area contributed by atoms with Crippen LogP contribution in [0.15, 0.2) is 22.2 Å². The van der Waals surface area contributed by atoms with Crippen LogP contribution in [0.3, 0.4) is 0 Å². The summed E-state index contributed by atoms with van der Waals surface area (Å²) in [5.74, 6) is -0.315. The summed E-state index contributed by atoms with van der Waals surface area (Å²) >= 11 is 6.52. The molecule has 1 atom stereocenters. The van der Waals surface area contributed by atoms with Gasteiger partial charge >= 0.3 is 6.03 Å². The van der Waals surface area contributed by atoms with Crippen molar-refractivity contribution < 1.29 is 14.3 Å². The molecule has 0 unspecified atom stereocenters. The van der Waals surface area contributed by atoms with Crippen LogP contribution in [0.5, 0.6) is 0 Å². The number of carbonyl (C=O) groups is 2. The van der Waals surface area contributed by atoms with Gasteiger partial charge in [0, 0.05) is 30.2 Å². The molecule has 1 heterocycles. The molecular formula is C14H24N6O3S2. The number of thioether (sulfide) groups is 1. The number of nitrogens with one attached hydrogen (secondary N) is 3. The molecule has 0 aliphatic carbocycles. The smallest absolute Gasteiger partial charge is 0.317 e. The summed E-state index contributed by atoms with van der Waals surface area (Å²) in [6.07, 6.45) is 0.0172. The fourth-order valence-electron chi connectivity index (χ4n) is 1.95. The van der Waals surface area contributed by atoms with Gasteiger partial charge in [-0.3, -0.25) is 15.6 Å². The third-order valence-electron chi connectivity index (χ3n) is 3.22. The Hall–Kier alpha value is -1.98. The fraction of sp³-hybridized carbons (Fsp3) is 0.500. The van der Waals surface area contributed by atoms with E-state index in [1.54, 1.807) is 6.92 Å². The predicted octanol–water partition coefficient (Wildman–Crippen LogP) is 0.0658. The molecule has 0 aromatic heterocycles. The zero-order valence-electron chi connectivity index (χ0n) is 14.3. The van der Waals surface area contributed by atoms with Gasteiger partial charge in [-0.05, 0) is 26.1 Å². The van der Waals surface area contributed by atoms with Gasteiger partial charge in [-0.1, -0.05) is 18.3 Å². The second-order valence-corrected chi connectivity index (χ2v) is 6.73. The Morgan fingerprint density at radius 2 is 2.16 bits per heavy atom. The van der Waals surface area contributed by atoms with Gasteiger partial charge in [-0.15, -0.1) is 0 Å². The van der Waals surface area contributed by atoms with E-state index < -0.39 is 12.1 Å². The molecule has 25 heavy (non-hydrogen) atoms. The normalized spacial score (nSPS) is 15.4. The van der Waals surface area contributed by atoms with Crippen LogP contribution in [0.2, 0.25) is 0 Å². The zero-order valence-corrected chi connectivity index (χ0v) is 15.9. The van der Waals surface area contributed by atoms with Crippen molar-refractivity contribution in [2.75, 3.05) is 19.7 Å². The lowest BCUT2D eigenvalue weighted by Gasteiger charge is -2.31. The Morgan fingerprint density at radius 3 is 2.76 bits per heavy atom.